The van der Waals surface area contributed by atoms with Crippen LogP contribution in [-0.2, 0) is 38.2 Å². The molecular weight excluding hydrogens is 418 g/mol. The number of carbonyl (C=O) groups excluding carboxylic acids is 2. The highest BCUT2D eigenvalue weighted by molar-refractivity contribution is 5.79. The van der Waals surface area contributed by atoms with Crippen molar-refractivity contribution in [2.45, 2.75) is 51.0 Å². The number of nitrogens with one attached hydrogen (secondary N) is 1. The summed E-state index contributed by atoms with van der Waals surface area (Å²) in [6.07, 6.45) is -0.259. The Morgan fingerprint density at radius 3 is 1.39 bits per heavy atom. The van der Waals surface area contributed by atoms with Gasteiger partial charge in [-0.1, -0.05) is 0 Å². The third-order valence-electron chi connectivity index (χ3n) is 3.85. The molecular formula is C19H31NO11. The Morgan fingerprint density at radius 1 is 0.677 bits per heavy atom. The summed E-state index contributed by atoms with van der Waals surface area (Å²) in [7, 11) is 0. The number of carbonyl (C=O) groups is 5. The predicted molar refractivity (Wildman–Crippen MR) is 105 cm³/mol. The van der Waals surface area contributed by atoms with Crippen LogP contribution in [0.5, 0.6) is 0 Å². The second-order valence-corrected chi connectivity index (χ2v) is 6.97. The summed E-state index contributed by atoms with van der Waals surface area (Å²) < 4.78 is 16.1. The van der Waals surface area contributed by atoms with Crippen molar-refractivity contribution in [3.63, 3.8) is 0 Å². The monoisotopic (exact) mass is 449 g/mol. The van der Waals surface area contributed by atoms with Gasteiger partial charge in [0.2, 0.25) is 5.91 Å². The molecule has 0 fully saturated rings. The molecule has 1 amide bonds. The molecule has 0 aromatic carbocycles. The number of amides is 1. The Bertz CT molecular complexity index is 551. The van der Waals surface area contributed by atoms with Gasteiger partial charge in [0.1, 0.15) is 11.3 Å². The van der Waals surface area contributed by atoms with E-state index in [0.29, 0.717) is 6.42 Å². The summed E-state index contributed by atoms with van der Waals surface area (Å²) in [5, 5.41) is 28.9. The van der Waals surface area contributed by atoms with Gasteiger partial charge in [0, 0.05) is 12.8 Å². The van der Waals surface area contributed by atoms with E-state index in [2.05, 4.69) is 5.32 Å². The van der Waals surface area contributed by atoms with Crippen molar-refractivity contribution in [2.24, 2.45) is 0 Å². The second kappa shape index (κ2) is 16.2. The van der Waals surface area contributed by atoms with Crippen LogP contribution in [0.15, 0.2) is 0 Å². The van der Waals surface area contributed by atoms with Crippen LogP contribution < -0.4 is 5.32 Å². The summed E-state index contributed by atoms with van der Waals surface area (Å²) in [5.41, 5.74) is -1.30. The van der Waals surface area contributed by atoms with Crippen LogP contribution >= 0.6 is 0 Å². The van der Waals surface area contributed by atoms with Crippen LogP contribution in [0.3, 0.4) is 0 Å². The lowest BCUT2D eigenvalue weighted by molar-refractivity contribution is -0.140. The fraction of sp³-hybridized carbons (Fsp3) is 0.737. The molecule has 0 aromatic heterocycles. The Balaban J connectivity index is 5.17. The molecule has 0 saturated carbocycles. The van der Waals surface area contributed by atoms with Crippen molar-refractivity contribution in [3.8, 4) is 0 Å². The first-order valence-electron chi connectivity index (χ1n) is 9.75. The van der Waals surface area contributed by atoms with Crippen molar-refractivity contribution in [3.05, 3.63) is 0 Å². The molecule has 0 aliphatic carbocycles. The number of hydrogen-bond donors (Lipinski definition) is 4. The fourth-order valence-electron chi connectivity index (χ4n) is 2.37. The van der Waals surface area contributed by atoms with Gasteiger partial charge in [0.15, 0.2) is 0 Å². The van der Waals surface area contributed by atoms with Crippen molar-refractivity contribution >= 4 is 29.6 Å². The average Bonchev–Trinajstić information content (AvgIpc) is 2.65. The predicted octanol–water partition coefficient (Wildman–Crippen LogP) is 0.0746. The molecule has 0 radical (unpaired) electrons. The van der Waals surface area contributed by atoms with E-state index in [1.54, 1.807) is 0 Å². The van der Waals surface area contributed by atoms with Crippen LogP contribution in [0.4, 0.5) is 0 Å². The van der Waals surface area contributed by atoms with Crippen LogP contribution in [0.2, 0.25) is 0 Å². The summed E-state index contributed by atoms with van der Waals surface area (Å²) in [4.78, 5) is 55.5. The first kappa shape index (κ1) is 28.4. The van der Waals surface area contributed by atoms with Crippen LogP contribution in [0.25, 0.3) is 0 Å². The van der Waals surface area contributed by atoms with Crippen LogP contribution in [0, 0.1) is 0 Å². The third kappa shape index (κ3) is 16.9. The molecule has 12 heteroatoms. The van der Waals surface area contributed by atoms with E-state index in [1.807, 2.05) is 0 Å². The Kier molecular flexibility index (Phi) is 14.8. The van der Waals surface area contributed by atoms with E-state index in [1.165, 1.54) is 6.92 Å². The number of hydrogen-bond acceptors (Lipinski definition) is 8. The van der Waals surface area contributed by atoms with Crippen molar-refractivity contribution in [2.75, 3.05) is 39.6 Å². The molecule has 31 heavy (non-hydrogen) atoms. The van der Waals surface area contributed by atoms with Crippen molar-refractivity contribution in [1.82, 2.24) is 5.32 Å². The van der Waals surface area contributed by atoms with Crippen molar-refractivity contribution in [1.29, 1.82) is 0 Å². The lowest BCUT2D eigenvalue weighted by atomic mass is 10.0. The largest absolute Gasteiger partial charge is 0.481 e. The highest BCUT2D eigenvalue weighted by Gasteiger charge is 2.34. The molecule has 4 N–H and O–H groups in total. The van der Waals surface area contributed by atoms with E-state index in [9.17, 15) is 24.0 Å². The number of Topliss-reactive ketones (excluding diaryl/α,β-unsaturated/α-hetero) is 1. The zero-order chi connectivity index (χ0) is 23.7. The summed E-state index contributed by atoms with van der Waals surface area (Å²) in [6.45, 7) is 0.326. The van der Waals surface area contributed by atoms with E-state index in [4.69, 9.17) is 29.5 Å². The lowest BCUT2D eigenvalue weighted by Gasteiger charge is -2.34. The number of carboxylic acid groups (broad SMARTS) is 3. The minimum atomic E-state index is -1.30. The van der Waals surface area contributed by atoms with Crippen LogP contribution in [0.1, 0.15) is 45.4 Å². The average molecular weight is 449 g/mol. The van der Waals surface area contributed by atoms with Crippen LogP contribution in [-0.4, -0.2) is 90.1 Å². The number of carboxylic acids is 3. The molecule has 0 unspecified atom stereocenters. The van der Waals surface area contributed by atoms with Gasteiger partial charge in [-0.25, -0.2) is 0 Å². The minimum absolute atomic E-state index is 0.0285. The van der Waals surface area contributed by atoms with Gasteiger partial charge >= 0.3 is 17.9 Å². The molecule has 0 bridgehead atoms. The van der Waals surface area contributed by atoms with Gasteiger partial charge in [-0.15, -0.1) is 0 Å². The smallest absolute Gasteiger partial charge is 0.305 e. The fourth-order valence-corrected chi connectivity index (χ4v) is 2.37. The van der Waals surface area contributed by atoms with Gasteiger partial charge in [-0.3, -0.25) is 19.2 Å². The summed E-state index contributed by atoms with van der Waals surface area (Å²) in [6, 6.07) is 0. The van der Waals surface area contributed by atoms with Gasteiger partial charge < -0.3 is 39.6 Å². The zero-order valence-electron chi connectivity index (χ0n) is 17.6. The van der Waals surface area contributed by atoms with Gasteiger partial charge in [0.05, 0.1) is 58.9 Å². The quantitative estimate of drug-likeness (QED) is 0.184. The molecule has 0 atom stereocenters. The molecule has 0 aromatic rings. The van der Waals surface area contributed by atoms with Gasteiger partial charge in [-0.05, 0) is 13.3 Å². The summed E-state index contributed by atoms with van der Waals surface area (Å²) in [5.74, 6) is -3.73. The standard InChI is InChI=1S/C19H31NO11/c1-14(21)3-2-4-15(22)20-19(11-29-8-5-16(23)24,12-30-9-6-17(25)26)13-31-10-7-18(27)28/h2-13H2,1H3,(H,20,22)(H,23,24)(H,25,26)(H,27,28). The molecule has 12 nitrogen and oxygen atoms in total. The summed E-state index contributed by atoms with van der Waals surface area (Å²) >= 11 is 0. The van der Waals surface area contributed by atoms with E-state index in [-0.39, 0.29) is 77.5 Å². The Morgan fingerprint density at radius 2 is 1.06 bits per heavy atom. The molecule has 0 rings (SSSR count). The van der Waals surface area contributed by atoms with Crippen molar-refractivity contribution < 1.29 is 53.5 Å². The maximum atomic E-state index is 12.4. The lowest BCUT2D eigenvalue weighted by Crippen LogP contribution is -2.58. The number of rotatable bonds is 20. The van der Waals surface area contributed by atoms with Gasteiger partial charge in [0.25, 0.3) is 0 Å². The molecule has 0 heterocycles. The Labute approximate surface area is 179 Å². The molecule has 0 aliphatic rings. The maximum Gasteiger partial charge on any atom is 0.305 e. The highest BCUT2D eigenvalue weighted by Crippen LogP contribution is 2.12. The Hall–Kier alpha value is -2.57. The van der Waals surface area contributed by atoms with Gasteiger partial charge in [-0.2, -0.15) is 0 Å². The molecule has 0 saturated heterocycles. The molecule has 0 spiro atoms. The highest BCUT2D eigenvalue weighted by atomic mass is 16.5. The van der Waals surface area contributed by atoms with E-state index < -0.39 is 29.4 Å². The SMILES string of the molecule is CC(=O)CCCC(=O)NC(COCCC(=O)O)(COCCC(=O)O)COCCC(=O)O. The third-order valence-corrected chi connectivity index (χ3v) is 3.85. The maximum absolute atomic E-state index is 12.4. The first-order valence-corrected chi connectivity index (χ1v) is 9.75. The first-order chi connectivity index (χ1) is 14.6. The topological polar surface area (TPSA) is 186 Å². The minimum Gasteiger partial charge on any atom is -0.481 e. The zero-order valence-corrected chi connectivity index (χ0v) is 17.6. The number of ether oxygens (including phenoxy) is 3. The number of ketones is 1. The molecule has 178 valence electrons. The number of aliphatic carboxylic acids is 3. The second-order valence-electron chi connectivity index (χ2n) is 6.97. The van der Waals surface area contributed by atoms with E-state index >= 15 is 0 Å². The normalized spacial score (nSPS) is 11.1. The van der Waals surface area contributed by atoms with E-state index in [0.717, 1.165) is 0 Å². The molecule has 0 aliphatic heterocycles.